The molecule has 0 radical (unpaired) electrons. The third kappa shape index (κ3) is 3.52. The summed E-state index contributed by atoms with van der Waals surface area (Å²) in [7, 11) is 0. The summed E-state index contributed by atoms with van der Waals surface area (Å²) < 4.78 is 0.976. The van der Waals surface area contributed by atoms with Gasteiger partial charge in [0.15, 0.2) is 0 Å². The van der Waals surface area contributed by atoms with Crippen LogP contribution in [0.1, 0.15) is 30.4 Å². The lowest BCUT2D eigenvalue weighted by Gasteiger charge is -2.40. The van der Waals surface area contributed by atoms with Crippen LogP contribution in [0.5, 0.6) is 0 Å². The van der Waals surface area contributed by atoms with Crippen molar-refractivity contribution in [2.45, 2.75) is 37.8 Å². The highest BCUT2D eigenvalue weighted by atomic mass is 79.9. The van der Waals surface area contributed by atoms with Gasteiger partial charge in [-0.25, -0.2) is 4.90 Å². The molecule has 146 valence electrons. The van der Waals surface area contributed by atoms with E-state index in [0.29, 0.717) is 31.6 Å². The number of nitrogens with zero attached hydrogens (tertiary/aromatic N) is 2. The van der Waals surface area contributed by atoms with Gasteiger partial charge >= 0.3 is 0 Å². The number of amides is 2. The van der Waals surface area contributed by atoms with Gasteiger partial charge in [0.2, 0.25) is 5.91 Å². The molecule has 5 nitrogen and oxygen atoms in total. The normalized spacial score (nSPS) is 22.7. The summed E-state index contributed by atoms with van der Waals surface area (Å²) in [6.07, 6.45) is 1.28. The Balaban J connectivity index is 1.46. The van der Waals surface area contributed by atoms with E-state index in [-0.39, 0.29) is 18.2 Å². The number of benzene rings is 2. The number of hydrogen-bond donors (Lipinski definition) is 1. The average molecular weight is 443 g/mol. The minimum atomic E-state index is -0.889. The van der Waals surface area contributed by atoms with Gasteiger partial charge in [-0.3, -0.25) is 14.5 Å². The number of aryl methyl sites for hydroxylation is 1. The molecule has 0 saturated carbocycles. The monoisotopic (exact) mass is 442 g/mol. The molecule has 2 aliphatic heterocycles. The summed E-state index contributed by atoms with van der Waals surface area (Å²) >= 11 is 3.42. The van der Waals surface area contributed by atoms with E-state index < -0.39 is 11.6 Å². The van der Waals surface area contributed by atoms with Gasteiger partial charge in [-0.1, -0.05) is 45.8 Å². The minimum Gasteiger partial charge on any atom is -0.385 e. The second-order valence-electron chi connectivity index (χ2n) is 7.70. The third-order valence-corrected chi connectivity index (χ3v) is 6.39. The first-order chi connectivity index (χ1) is 13.4. The highest BCUT2D eigenvalue weighted by Gasteiger charge is 2.45. The Hall–Kier alpha value is -2.02. The molecule has 2 saturated heterocycles. The maximum Gasteiger partial charge on any atom is 0.251 e. The van der Waals surface area contributed by atoms with Crippen molar-refractivity contribution in [3.8, 4) is 0 Å². The van der Waals surface area contributed by atoms with Gasteiger partial charge in [0.1, 0.15) is 0 Å². The Labute approximate surface area is 173 Å². The van der Waals surface area contributed by atoms with E-state index in [9.17, 15) is 14.7 Å². The first kappa shape index (κ1) is 19.3. The summed E-state index contributed by atoms with van der Waals surface area (Å²) in [5.41, 5.74) is 1.72. The fourth-order valence-corrected chi connectivity index (χ4v) is 4.39. The molecule has 2 aliphatic rings. The van der Waals surface area contributed by atoms with E-state index >= 15 is 0 Å². The number of rotatable bonds is 3. The molecule has 6 heteroatoms. The molecule has 0 aliphatic carbocycles. The van der Waals surface area contributed by atoms with Crippen LogP contribution >= 0.6 is 15.9 Å². The van der Waals surface area contributed by atoms with E-state index in [1.807, 2.05) is 60.4 Å². The average Bonchev–Trinajstić information content (AvgIpc) is 2.98. The molecule has 0 aromatic heterocycles. The molecule has 2 heterocycles. The second kappa shape index (κ2) is 7.43. The number of likely N-dealkylation sites (tertiary alicyclic amines) is 1. The van der Waals surface area contributed by atoms with E-state index in [4.69, 9.17) is 0 Å². The zero-order chi connectivity index (χ0) is 19.9. The zero-order valence-corrected chi connectivity index (χ0v) is 17.4. The lowest BCUT2D eigenvalue weighted by molar-refractivity contribution is -0.124. The van der Waals surface area contributed by atoms with Crippen LogP contribution in [0.25, 0.3) is 0 Å². The molecule has 2 aromatic carbocycles. The van der Waals surface area contributed by atoms with Gasteiger partial charge in [0, 0.05) is 17.6 Å². The number of halogens is 1. The lowest BCUT2D eigenvalue weighted by atomic mass is 9.84. The van der Waals surface area contributed by atoms with E-state index in [1.54, 1.807) is 0 Å². The van der Waals surface area contributed by atoms with E-state index in [2.05, 4.69) is 15.9 Å². The van der Waals surface area contributed by atoms with Crippen molar-refractivity contribution in [2.24, 2.45) is 0 Å². The van der Waals surface area contributed by atoms with Crippen molar-refractivity contribution in [1.29, 1.82) is 0 Å². The topological polar surface area (TPSA) is 60.9 Å². The van der Waals surface area contributed by atoms with E-state index in [1.165, 1.54) is 4.90 Å². The van der Waals surface area contributed by atoms with Crippen molar-refractivity contribution < 1.29 is 14.7 Å². The zero-order valence-electron chi connectivity index (χ0n) is 15.8. The van der Waals surface area contributed by atoms with Crippen LogP contribution in [0.15, 0.2) is 53.0 Å². The molecule has 0 spiro atoms. The number of aliphatic hydroxyl groups is 1. The minimum absolute atomic E-state index is 0.160. The van der Waals surface area contributed by atoms with Crippen molar-refractivity contribution >= 4 is 33.4 Å². The molecule has 4 rings (SSSR count). The van der Waals surface area contributed by atoms with Crippen molar-refractivity contribution in [1.82, 2.24) is 4.90 Å². The highest BCUT2D eigenvalue weighted by Crippen LogP contribution is 2.36. The number of carbonyl (C=O) groups is 2. The fraction of sp³-hybridized carbons (Fsp3) is 0.364. The first-order valence-corrected chi connectivity index (χ1v) is 10.3. The van der Waals surface area contributed by atoms with Crippen LogP contribution in [-0.2, 0) is 15.2 Å². The predicted molar refractivity (Wildman–Crippen MR) is 111 cm³/mol. The molecule has 1 unspecified atom stereocenters. The van der Waals surface area contributed by atoms with Crippen molar-refractivity contribution in [3.05, 3.63) is 64.1 Å². The summed E-state index contributed by atoms with van der Waals surface area (Å²) in [5, 5.41) is 11.1. The fourth-order valence-electron chi connectivity index (χ4n) is 4.12. The summed E-state index contributed by atoms with van der Waals surface area (Å²) in [6, 6.07) is 14.7. The highest BCUT2D eigenvalue weighted by molar-refractivity contribution is 9.10. The Kier molecular flexibility index (Phi) is 5.12. The quantitative estimate of drug-likeness (QED) is 0.740. The maximum absolute atomic E-state index is 13.0. The molecule has 2 fully saturated rings. The molecule has 28 heavy (non-hydrogen) atoms. The molecule has 2 amide bonds. The number of hydrogen-bond acceptors (Lipinski definition) is 4. The molecule has 1 atom stereocenters. The molecule has 2 aromatic rings. The molecular formula is C22H23BrN2O3. The van der Waals surface area contributed by atoms with E-state index in [0.717, 1.165) is 15.6 Å². The van der Waals surface area contributed by atoms with Crippen LogP contribution in [0.3, 0.4) is 0 Å². The largest absolute Gasteiger partial charge is 0.385 e. The summed E-state index contributed by atoms with van der Waals surface area (Å²) in [4.78, 5) is 28.8. The van der Waals surface area contributed by atoms with Crippen LogP contribution < -0.4 is 4.90 Å². The smallest absolute Gasteiger partial charge is 0.251 e. The van der Waals surface area contributed by atoms with Crippen molar-refractivity contribution in [2.75, 3.05) is 18.0 Å². The van der Waals surface area contributed by atoms with Gasteiger partial charge in [0.25, 0.3) is 5.91 Å². The Morgan fingerprint density at radius 2 is 1.61 bits per heavy atom. The second-order valence-corrected chi connectivity index (χ2v) is 8.61. The van der Waals surface area contributed by atoms with Crippen LogP contribution in [0, 0.1) is 6.92 Å². The van der Waals surface area contributed by atoms with Crippen LogP contribution in [-0.4, -0.2) is 41.0 Å². The summed E-state index contributed by atoms with van der Waals surface area (Å²) in [5.74, 6) is -0.324. The SMILES string of the molecule is Cc1ccc(N2C(=O)CC(N3CCC(O)(c4ccc(Br)cc4)CC3)C2=O)cc1. The maximum atomic E-state index is 13.0. The standard InChI is InChI=1S/C22H23BrN2O3/c1-15-2-8-18(9-3-15)25-20(26)14-19(21(25)27)24-12-10-22(28,11-13-24)16-4-6-17(23)7-5-16/h2-9,19,28H,10-14H2,1H3. The van der Waals surface area contributed by atoms with Crippen LogP contribution in [0.4, 0.5) is 5.69 Å². The number of anilines is 1. The Morgan fingerprint density at radius 3 is 2.21 bits per heavy atom. The third-order valence-electron chi connectivity index (χ3n) is 5.86. The Bertz CT molecular complexity index is 887. The van der Waals surface area contributed by atoms with Gasteiger partial charge in [-0.2, -0.15) is 0 Å². The Morgan fingerprint density at radius 1 is 1.00 bits per heavy atom. The predicted octanol–water partition coefficient (Wildman–Crippen LogP) is 3.37. The van der Waals surface area contributed by atoms with Gasteiger partial charge in [-0.05, 0) is 49.6 Å². The molecule has 1 N–H and O–H groups in total. The van der Waals surface area contributed by atoms with Gasteiger partial charge in [0.05, 0.1) is 23.8 Å². The van der Waals surface area contributed by atoms with Crippen LogP contribution in [0.2, 0.25) is 0 Å². The summed E-state index contributed by atoms with van der Waals surface area (Å²) in [6.45, 7) is 3.14. The van der Waals surface area contributed by atoms with Gasteiger partial charge < -0.3 is 5.11 Å². The number of piperidine rings is 1. The lowest BCUT2D eigenvalue weighted by Crippen LogP contribution is -2.49. The molecular weight excluding hydrogens is 420 g/mol. The number of carbonyl (C=O) groups excluding carboxylic acids is 2. The first-order valence-electron chi connectivity index (χ1n) is 9.53. The molecule has 0 bridgehead atoms. The number of imide groups is 1. The van der Waals surface area contributed by atoms with Gasteiger partial charge in [-0.15, -0.1) is 0 Å². The van der Waals surface area contributed by atoms with Crippen molar-refractivity contribution in [3.63, 3.8) is 0 Å².